The second-order valence-corrected chi connectivity index (χ2v) is 4.73. The third-order valence-electron chi connectivity index (χ3n) is 2.26. The molecule has 0 saturated carbocycles. The highest BCUT2D eigenvalue weighted by Crippen LogP contribution is 2.25. The monoisotopic (exact) mass is 263 g/mol. The van der Waals surface area contributed by atoms with Crippen molar-refractivity contribution in [1.82, 2.24) is 4.98 Å². The molecule has 5 nitrogen and oxygen atoms in total. The van der Waals surface area contributed by atoms with Crippen LogP contribution in [0.4, 0.5) is 5.13 Å². The number of carbonyl (C=O) groups excluding carboxylic acids is 1. The summed E-state index contributed by atoms with van der Waals surface area (Å²) in [5, 5.41) is 4.80. The van der Waals surface area contributed by atoms with E-state index in [0.29, 0.717) is 10.8 Å². The van der Waals surface area contributed by atoms with Crippen LogP contribution >= 0.6 is 11.3 Å². The molecular formula is C12H13N3O2S. The number of esters is 1. The molecule has 0 aliphatic rings. The first-order valence-electron chi connectivity index (χ1n) is 5.40. The lowest BCUT2D eigenvalue weighted by atomic mass is 10.3. The molecule has 1 N–H and O–H groups in total. The molecule has 2 aromatic rings. The number of fused-ring (bicyclic) bond motifs is 1. The number of nitrogens with one attached hydrogen (secondary N) is 1. The fraction of sp³-hybridized carbons (Fsp3) is 0.250. The molecule has 0 bridgehead atoms. The lowest BCUT2D eigenvalue weighted by Gasteiger charge is -1.99. The number of ether oxygens (including phenoxy) is 1. The van der Waals surface area contributed by atoms with Crippen LogP contribution < -0.4 is 5.43 Å². The summed E-state index contributed by atoms with van der Waals surface area (Å²) in [4.78, 5) is 15.4. The fourth-order valence-electron chi connectivity index (χ4n) is 1.38. The summed E-state index contributed by atoms with van der Waals surface area (Å²) in [6.45, 7) is 1.76. The Morgan fingerprint density at radius 2 is 2.28 bits per heavy atom. The number of para-hydroxylation sites is 1. The van der Waals surface area contributed by atoms with Crippen LogP contribution in [-0.4, -0.2) is 23.8 Å². The first-order chi connectivity index (χ1) is 8.69. The zero-order valence-corrected chi connectivity index (χ0v) is 11.0. The minimum atomic E-state index is -0.303. The topological polar surface area (TPSA) is 63.6 Å². The molecule has 0 fully saturated rings. The van der Waals surface area contributed by atoms with E-state index in [4.69, 9.17) is 0 Å². The van der Waals surface area contributed by atoms with Crippen LogP contribution in [0, 0.1) is 0 Å². The molecule has 0 aliphatic carbocycles. The summed E-state index contributed by atoms with van der Waals surface area (Å²) in [7, 11) is 1.36. The Morgan fingerprint density at radius 3 is 3.00 bits per heavy atom. The maximum Gasteiger partial charge on any atom is 0.311 e. The number of hydrazone groups is 1. The van der Waals surface area contributed by atoms with E-state index < -0.39 is 0 Å². The zero-order chi connectivity index (χ0) is 13.0. The van der Waals surface area contributed by atoms with Crippen LogP contribution in [-0.2, 0) is 9.53 Å². The highest BCUT2D eigenvalue weighted by Gasteiger charge is 2.04. The third-order valence-corrected chi connectivity index (χ3v) is 3.21. The first-order valence-corrected chi connectivity index (χ1v) is 6.22. The summed E-state index contributed by atoms with van der Waals surface area (Å²) in [5.74, 6) is -0.303. The summed E-state index contributed by atoms with van der Waals surface area (Å²) in [6.07, 6.45) is 0.175. The smallest absolute Gasteiger partial charge is 0.311 e. The summed E-state index contributed by atoms with van der Waals surface area (Å²) in [5.41, 5.74) is 4.44. The minimum Gasteiger partial charge on any atom is -0.469 e. The van der Waals surface area contributed by atoms with Gasteiger partial charge in [0.25, 0.3) is 0 Å². The van der Waals surface area contributed by atoms with E-state index in [-0.39, 0.29) is 12.4 Å². The second kappa shape index (κ2) is 5.59. The maximum atomic E-state index is 11.0. The predicted octanol–water partition coefficient (Wildman–Crippen LogP) is 2.65. The van der Waals surface area contributed by atoms with E-state index in [9.17, 15) is 4.79 Å². The largest absolute Gasteiger partial charge is 0.469 e. The normalized spacial score (nSPS) is 11.6. The van der Waals surface area contributed by atoms with Crippen molar-refractivity contribution < 1.29 is 9.53 Å². The Kier molecular flexibility index (Phi) is 3.88. The van der Waals surface area contributed by atoms with Gasteiger partial charge in [0.15, 0.2) is 0 Å². The van der Waals surface area contributed by atoms with Gasteiger partial charge in [-0.1, -0.05) is 23.5 Å². The zero-order valence-electron chi connectivity index (χ0n) is 10.1. The number of benzene rings is 1. The van der Waals surface area contributed by atoms with Crippen LogP contribution in [0.25, 0.3) is 10.2 Å². The molecule has 94 valence electrons. The number of hydrogen-bond acceptors (Lipinski definition) is 6. The van der Waals surface area contributed by atoms with Crippen LogP contribution in [0.2, 0.25) is 0 Å². The average molecular weight is 263 g/mol. The van der Waals surface area contributed by atoms with Gasteiger partial charge < -0.3 is 4.74 Å². The fourth-order valence-corrected chi connectivity index (χ4v) is 2.19. The van der Waals surface area contributed by atoms with Crippen molar-refractivity contribution in [3.8, 4) is 0 Å². The predicted molar refractivity (Wildman–Crippen MR) is 73.0 cm³/mol. The number of hydrogen-bond donors (Lipinski definition) is 1. The Hall–Kier alpha value is -1.95. The van der Waals surface area contributed by atoms with E-state index in [1.807, 2.05) is 24.3 Å². The first kappa shape index (κ1) is 12.5. The van der Waals surface area contributed by atoms with Crippen molar-refractivity contribution in [3.63, 3.8) is 0 Å². The molecule has 1 aromatic heterocycles. The van der Waals surface area contributed by atoms with Gasteiger partial charge in [0.2, 0.25) is 5.13 Å². The van der Waals surface area contributed by atoms with Crippen LogP contribution in [0.3, 0.4) is 0 Å². The number of methoxy groups -OCH3 is 1. The minimum absolute atomic E-state index is 0.175. The standard InChI is InChI=1S/C12H13N3O2S/c1-8(7-11(16)17-2)14-15-12-13-9-5-3-4-6-10(9)18-12/h3-6H,7H2,1-2H3,(H,13,15)/b14-8+. The van der Waals surface area contributed by atoms with E-state index in [1.165, 1.54) is 18.4 Å². The van der Waals surface area contributed by atoms with Gasteiger partial charge >= 0.3 is 5.97 Å². The summed E-state index contributed by atoms with van der Waals surface area (Å²) in [6, 6.07) is 7.86. The van der Waals surface area contributed by atoms with Gasteiger partial charge in [0.05, 0.1) is 23.7 Å². The quantitative estimate of drug-likeness (QED) is 0.523. The molecular weight excluding hydrogens is 250 g/mol. The summed E-state index contributed by atoms with van der Waals surface area (Å²) >= 11 is 1.52. The number of rotatable bonds is 4. The van der Waals surface area contributed by atoms with Crippen molar-refractivity contribution in [1.29, 1.82) is 0 Å². The number of carbonyl (C=O) groups is 1. The highest BCUT2D eigenvalue weighted by molar-refractivity contribution is 7.22. The molecule has 0 unspecified atom stereocenters. The van der Waals surface area contributed by atoms with Crippen molar-refractivity contribution in [2.24, 2.45) is 5.10 Å². The Balaban J connectivity index is 2.05. The van der Waals surface area contributed by atoms with Crippen LogP contribution in [0.15, 0.2) is 29.4 Å². The van der Waals surface area contributed by atoms with E-state index in [2.05, 4.69) is 20.2 Å². The highest BCUT2D eigenvalue weighted by atomic mass is 32.1. The van der Waals surface area contributed by atoms with Gasteiger partial charge in [-0.05, 0) is 19.1 Å². The van der Waals surface area contributed by atoms with E-state index in [1.54, 1.807) is 6.92 Å². The molecule has 1 heterocycles. The number of thiazole rings is 1. The molecule has 1 aromatic carbocycles. The molecule has 0 aliphatic heterocycles. The molecule has 0 atom stereocenters. The Bertz CT molecular complexity index is 559. The second-order valence-electron chi connectivity index (χ2n) is 3.70. The van der Waals surface area contributed by atoms with Gasteiger partial charge in [-0.2, -0.15) is 5.10 Å². The lowest BCUT2D eigenvalue weighted by molar-refractivity contribution is -0.139. The maximum absolute atomic E-state index is 11.0. The molecule has 2 rings (SSSR count). The van der Waals surface area contributed by atoms with Gasteiger partial charge in [-0.15, -0.1) is 0 Å². The van der Waals surface area contributed by atoms with Crippen molar-refractivity contribution in [2.75, 3.05) is 12.5 Å². The van der Waals surface area contributed by atoms with E-state index in [0.717, 1.165) is 10.2 Å². The van der Waals surface area contributed by atoms with Gasteiger partial charge in [-0.25, -0.2) is 4.98 Å². The Labute approximate surface area is 108 Å². The van der Waals surface area contributed by atoms with Crippen molar-refractivity contribution >= 4 is 38.4 Å². The molecule has 18 heavy (non-hydrogen) atoms. The molecule has 0 saturated heterocycles. The van der Waals surface area contributed by atoms with E-state index >= 15 is 0 Å². The number of nitrogens with zero attached hydrogens (tertiary/aromatic N) is 2. The molecule has 0 spiro atoms. The third kappa shape index (κ3) is 3.04. The van der Waals surface area contributed by atoms with Crippen LogP contribution in [0.1, 0.15) is 13.3 Å². The Morgan fingerprint density at radius 1 is 1.50 bits per heavy atom. The van der Waals surface area contributed by atoms with Crippen molar-refractivity contribution in [3.05, 3.63) is 24.3 Å². The molecule has 0 amide bonds. The lowest BCUT2D eigenvalue weighted by Crippen LogP contribution is -2.07. The number of aromatic nitrogens is 1. The SMILES string of the molecule is COC(=O)C/C(C)=N/Nc1nc2ccccc2s1. The van der Waals surface area contributed by atoms with Crippen molar-refractivity contribution in [2.45, 2.75) is 13.3 Å². The van der Waals surface area contributed by atoms with Crippen LogP contribution in [0.5, 0.6) is 0 Å². The average Bonchev–Trinajstić information content (AvgIpc) is 2.79. The van der Waals surface area contributed by atoms with Gasteiger partial charge in [0, 0.05) is 5.71 Å². The number of anilines is 1. The molecule has 6 heteroatoms. The van der Waals surface area contributed by atoms with Gasteiger partial charge in [0.1, 0.15) is 0 Å². The molecule has 0 radical (unpaired) electrons. The van der Waals surface area contributed by atoms with Gasteiger partial charge in [-0.3, -0.25) is 10.2 Å². The summed E-state index contributed by atoms with van der Waals surface area (Å²) < 4.78 is 5.66.